The Balaban J connectivity index is 1.97. The summed E-state index contributed by atoms with van der Waals surface area (Å²) in [6, 6.07) is 0. The van der Waals surface area contributed by atoms with E-state index in [9.17, 15) is 4.79 Å². The van der Waals surface area contributed by atoms with E-state index in [-0.39, 0.29) is 5.92 Å². The Labute approximate surface area is 115 Å². The highest BCUT2D eigenvalue weighted by Crippen LogP contribution is 2.18. The lowest BCUT2D eigenvalue weighted by molar-refractivity contribution is -0.122. The summed E-state index contributed by atoms with van der Waals surface area (Å²) in [6.45, 7) is 9.68. The van der Waals surface area contributed by atoms with Crippen molar-refractivity contribution in [2.24, 2.45) is 11.8 Å². The van der Waals surface area contributed by atoms with Crippen molar-refractivity contribution in [2.75, 3.05) is 13.1 Å². The summed E-state index contributed by atoms with van der Waals surface area (Å²) >= 11 is 0. The first kappa shape index (κ1) is 14.2. The number of carbonyl (C=O) groups is 1. The van der Waals surface area contributed by atoms with E-state index < -0.39 is 0 Å². The molecule has 0 aliphatic carbocycles. The van der Waals surface area contributed by atoms with Crippen molar-refractivity contribution in [3.8, 4) is 0 Å². The third-order valence-electron chi connectivity index (χ3n) is 3.68. The predicted octanol–water partition coefficient (Wildman–Crippen LogP) is 1.74. The molecule has 2 rings (SSSR count). The minimum absolute atomic E-state index is 0.204. The van der Waals surface area contributed by atoms with Gasteiger partial charge in [-0.1, -0.05) is 13.8 Å². The summed E-state index contributed by atoms with van der Waals surface area (Å²) in [4.78, 5) is 18.2. The zero-order valence-corrected chi connectivity index (χ0v) is 12.2. The summed E-state index contributed by atoms with van der Waals surface area (Å²) < 4.78 is 1.99. The van der Waals surface area contributed by atoms with Gasteiger partial charge in [0.05, 0.1) is 6.54 Å². The molecule has 1 aromatic heterocycles. The Morgan fingerprint density at radius 2 is 2.32 bits per heavy atom. The molecule has 0 aromatic carbocycles. The first-order chi connectivity index (χ1) is 9.06. The first-order valence-electron chi connectivity index (χ1n) is 7.15. The van der Waals surface area contributed by atoms with Crippen LogP contribution in [0.1, 0.15) is 39.4 Å². The lowest BCUT2D eigenvalue weighted by atomic mass is 9.95. The van der Waals surface area contributed by atoms with Crippen molar-refractivity contribution in [3.63, 3.8) is 0 Å². The Morgan fingerprint density at radius 3 is 3.00 bits per heavy atom. The lowest BCUT2D eigenvalue weighted by Crippen LogP contribution is -2.38. The maximum Gasteiger partial charge on any atom is 0.141 e. The Kier molecular flexibility index (Phi) is 4.69. The number of carbonyl (C=O) groups excluding carboxylic acids is 1. The minimum Gasteiger partial charge on any atom is -0.300 e. The molecule has 0 N–H and O–H groups in total. The second-order valence-electron chi connectivity index (χ2n) is 5.94. The van der Waals surface area contributed by atoms with Crippen molar-refractivity contribution in [1.82, 2.24) is 19.7 Å². The van der Waals surface area contributed by atoms with Crippen molar-refractivity contribution in [1.29, 1.82) is 0 Å². The van der Waals surface area contributed by atoms with Crippen molar-refractivity contribution in [3.05, 3.63) is 12.2 Å². The fraction of sp³-hybridized carbons (Fsp3) is 0.786. The molecule has 2 heterocycles. The number of Topliss-reactive ketones (excluding diaryl/α,β-unsaturated/α-hetero) is 1. The molecule has 106 valence electrons. The van der Waals surface area contributed by atoms with Gasteiger partial charge in [0, 0.05) is 19.0 Å². The van der Waals surface area contributed by atoms with Gasteiger partial charge >= 0.3 is 0 Å². The van der Waals surface area contributed by atoms with E-state index in [1.807, 2.05) is 4.68 Å². The zero-order valence-electron chi connectivity index (χ0n) is 12.2. The highest BCUT2D eigenvalue weighted by Gasteiger charge is 2.24. The SMILES string of the molecule is CC(=O)C1CCCN(Cc2ncnn2CC(C)C)C1. The maximum absolute atomic E-state index is 11.5. The van der Waals surface area contributed by atoms with E-state index >= 15 is 0 Å². The van der Waals surface area contributed by atoms with Gasteiger partial charge in [-0.25, -0.2) is 9.67 Å². The van der Waals surface area contributed by atoms with Gasteiger partial charge in [0.1, 0.15) is 17.9 Å². The van der Waals surface area contributed by atoms with Gasteiger partial charge in [-0.15, -0.1) is 0 Å². The fourth-order valence-electron chi connectivity index (χ4n) is 2.64. The summed E-state index contributed by atoms with van der Waals surface area (Å²) in [6.07, 6.45) is 3.76. The molecule has 5 heteroatoms. The lowest BCUT2D eigenvalue weighted by Gasteiger charge is -2.31. The number of nitrogens with zero attached hydrogens (tertiary/aromatic N) is 4. The second-order valence-corrected chi connectivity index (χ2v) is 5.94. The Hall–Kier alpha value is -1.23. The minimum atomic E-state index is 0.204. The summed E-state index contributed by atoms with van der Waals surface area (Å²) in [5.41, 5.74) is 0. The largest absolute Gasteiger partial charge is 0.300 e. The molecule has 1 aliphatic rings. The summed E-state index contributed by atoms with van der Waals surface area (Å²) in [5, 5.41) is 4.29. The maximum atomic E-state index is 11.5. The number of aromatic nitrogens is 3. The van der Waals surface area contributed by atoms with Gasteiger partial charge in [0.25, 0.3) is 0 Å². The summed E-state index contributed by atoms with van der Waals surface area (Å²) in [5.74, 6) is 2.09. The molecule has 0 saturated carbocycles. The number of hydrogen-bond acceptors (Lipinski definition) is 4. The van der Waals surface area contributed by atoms with E-state index in [2.05, 4.69) is 28.8 Å². The third-order valence-corrected chi connectivity index (χ3v) is 3.68. The smallest absolute Gasteiger partial charge is 0.141 e. The number of ketones is 1. The van der Waals surface area contributed by atoms with Gasteiger partial charge in [-0.2, -0.15) is 5.10 Å². The molecule has 0 amide bonds. The van der Waals surface area contributed by atoms with Crippen LogP contribution in [0.4, 0.5) is 0 Å². The van der Waals surface area contributed by atoms with Crippen molar-refractivity contribution in [2.45, 2.75) is 46.7 Å². The van der Waals surface area contributed by atoms with Crippen molar-refractivity contribution < 1.29 is 4.79 Å². The van der Waals surface area contributed by atoms with E-state index in [0.29, 0.717) is 11.7 Å². The van der Waals surface area contributed by atoms with Crippen LogP contribution in [-0.2, 0) is 17.9 Å². The van der Waals surface area contributed by atoms with Gasteiger partial charge in [-0.3, -0.25) is 9.69 Å². The number of piperidine rings is 1. The van der Waals surface area contributed by atoms with Crippen LogP contribution in [0.5, 0.6) is 0 Å². The van der Waals surface area contributed by atoms with Gasteiger partial charge in [0.15, 0.2) is 0 Å². The van der Waals surface area contributed by atoms with Gasteiger partial charge in [-0.05, 0) is 32.2 Å². The van der Waals surface area contributed by atoms with Crippen molar-refractivity contribution >= 4 is 5.78 Å². The quantitative estimate of drug-likeness (QED) is 0.813. The van der Waals surface area contributed by atoms with Crippen LogP contribution >= 0.6 is 0 Å². The van der Waals surface area contributed by atoms with E-state index in [1.165, 1.54) is 0 Å². The Morgan fingerprint density at radius 1 is 1.53 bits per heavy atom. The molecule has 1 atom stereocenters. The molecule has 1 unspecified atom stereocenters. The molecule has 0 spiro atoms. The molecular formula is C14H24N4O. The normalized spacial score (nSPS) is 20.9. The first-order valence-corrected chi connectivity index (χ1v) is 7.15. The van der Waals surface area contributed by atoms with Gasteiger partial charge in [0.2, 0.25) is 0 Å². The molecule has 19 heavy (non-hydrogen) atoms. The monoisotopic (exact) mass is 264 g/mol. The van der Waals surface area contributed by atoms with Crippen LogP contribution in [-0.4, -0.2) is 38.5 Å². The van der Waals surface area contributed by atoms with E-state index in [0.717, 1.165) is 44.8 Å². The molecule has 1 saturated heterocycles. The van der Waals surface area contributed by atoms with Crippen LogP contribution in [0.15, 0.2) is 6.33 Å². The van der Waals surface area contributed by atoms with Crippen LogP contribution in [0.3, 0.4) is 0 Å². The number of rotatable bonds is 5. The van der Waals surface area contributed by atoms with E-state index in [4.69, 9.17) is 0 Å². The number of likely N-dealkylation sites (tertiary alicyclic amines) is 1. The van der Waals surface area contributed by atoms with Crippen LogP contribution < -0.4 is 0 Å². The average Bonchev–Trinajstić information content (AvgIpc) is 2.76. The molecule has 0 radical (unpaired) electrons. The molecule has 1 aliphatic heterocycles. The van der Waals surface area contributed by atoms with Crippen LogP contribution in [0.25, 0.3) is 0 Å². The predicted molar refractivity (Wildman–Crippen MR) is 73.5 cm³/mol. The van der Waals surface area contributed by atoms with Gasteiger partial charge < -0.3 is 0 Å². The molecule has 1 aromatic rings. The average molecular weight is 264 g/mol. The second kappa shape index (κ2) is 6.28. The highest BCUT2D eigenvalue weighted by molar-refractivity contribution is 5.78. The molecular weight excluding hydrogens is 240 g/mol. The highest BCUT2D eigenvalue weighted by atomic mass is 16.1. The van der Waals surface area contributed by atoms with Crippen LogP contribution in [0.2, 0.25) is 0 Å². The standard InChI is InChI=1S/C14H24N4O/c1-11(2)7-18-14(15-10-16-18)9-17-6-4-5-13(8-17)12(3)19/h10-11,13H,4-9H2,1-3H3. The third kappa shape index (κ3) is 3.86. The topological polar surface area (TPSA) is 51.0 Å². The number of hydrogen-bond donors (Lipinski definition) is 0. The molecule has 5 nitrogen and oxygen atoms in total. The van der Waals surface area contributed by atoms with E-state index in [1.54, 1.807) is 13.3 Å². The van der Waals surface area contributed by atoms with Crippen LogP contribution in [0, 0.1) is 11.8 Å². The Bertz CT molecular complexity index is 427. The zero-order chi connectivity index (χ0) is 13.8. The molecule has 1 fully saturated rings. The fourth-order valence-corrected chi connectivity index (χ4v) is 2.64. The summed E-state index contributed by atoms with van der Waals surface area (Å²) in [7, 11) is 0. The molecule has 0 bridgehead atoms.